The van der Waals surface area contributed by atoms with E-state index in [4.69, 9.17) is 8.92 Å². The lowest BCUT2D eigenvalue weighted by molar-refractivity contribution is 0.0275. The molecule has 0 spiro atoms. The number of aryl methyl sites for hydroxylation is 1. The van der Waals surface area contributed by atoms with Gasteiger partial charge < -0.3 is 9.64 Å². The molecule has 7 heteroatoms. The van der Waals surface area contributed by atoms with Crippen LogP contribution in [0.15, 0.2) is 29.2 Å². The maximum atomic E-state index is 12.4. The number of likely N-dealkylation sites (tertiary alicyclic amines) is 1. The summed E-state index contributed by atoms with van der Waals surface area (Å²) in [7, 11) is -3.86. The van der Waals surface area contributed by atoms with E-state index in [1.165, 1.54) is 17.0 Å². The Hall–Kier alpha value is -1.60. The fourth-order valence-electron chi connectivity index (χ4n) is 2.46. The maximum absolute atomic E-state index is 12.4. The first-order valence-corrected chi connectivity index (χ1v) is 9.37. The van der Waals surface area contributed by atoms with Crippen molar-refractivity contribution in [1.29, 1.82) is 0 Å². The molecule has 0 aromatic heterocycles. The van der Waals surface area contributed by atoms with E-state index in [-0.39, 0.29) is 17.4 Å². The van der Waals surface area contributed by atoms with Gasteiger partial charge in [0.25, 0.3) is 10.1 Å². The van der Waals surface area contributed by atoms with E-state index in [2.05, 4.69) is 0 Å². The van der Waals surface area contributed by atoms with Gasteiger partial charge in [-0.25, -0.2) is 4.79 Å². The number of nitrogens with zero attached hydrogens (tertiary/aromatic N) is 1. The molecule has 0 bridgehead atoms. The average molecular weight is 355 g/mol. The average Bonchev–Trinajstić information content (AvgIpc) is 2.78. The zero-order valence-corrected chi connectivity index (χ0v) is 15.6. The highest BCUT2D eigenvalue weighted by Crippen LogP contribution is 2.25. The summed E-state index contributed by atoms with van der Waals surface area (Å²) in [5, 5.41) is 0. The molecule has 1 amide bonds. The lowest BCUT2D eigenvalue weighted by Crippen LogP contribution is -2.36. The summed E-state index contributed by atoms with van der Waals surface area (Å²) >= 11 is 0. The van der Waals surface area contributed by atoms with Gasteiger partial charge >= 0.3 is 6.09 Å². The van der Waals surface area contributed by atoms with Crippen molar-refractivity contribution >= 4 is 16.2 Å². The maximum Gasteiger partial charge on any atom is 0.410 e. The van der Waals surface area contributed by atoms with Gasteiger partial charge in [-0.15, -0.1) is 0 Å². The fourth-order valence-corrected chi connectivity index (χ4v) is 3.62. The van der Waals surface area contributed by atoms with Gasteiger partial charge in [0.1, 0.15) is 5.60 Å². The van der Waals surface area contributed by atoms with Crippen LogP contribution in [0.5, 0.6) is 0 Å². The Morgan fingerprint density at radius 3 is 2.29 bits per heavy atom. The fraction of sp³-hybridized carbons (Fsp3) is 0.588. The van der Waals surface area contributed by atoms with Gasteiger partial charge in [0.15, 0.2) is 0 Å². The Morgan fingerprint density at radius 2 is 1.75 bits per heavy atom. The molecule has 0 unspecified atom stereocenters. The van der Waals surface area contributed by atoms with Crippen molar-refractivity contribution < 1.29 is 22.1 Å². The third-order valence-corrected chi connectivity index (χ3v) is 5.11. The Balaban J connectivity index is 2.05. The van der Waals surface area contributed by atoms with Crippen LogP contribution in [0.4, 0.5) is 4.79 Å². The number of hydrogen-bond donors (Lipinski definition) is 0. The van der Waals surface area contributed by atoms with Crippen LogP contribution in [-0.4, -0.2) is 44.2 Å². The monoisotopic (exact) mass is 355 g/mol. The Bertz CT molecular complexity index is 691. The van der Waals surface area contributed by atoms with E-state index in [9.17, 15) is 13.2 Å². The van der Waals surface area contributed by atoms with Crippen molar-refractivity contribution in [3.8, 4) is 0 Å². The second-order valence-corrected chi connectivity index (χ2v) is 8.84. The number of rotatable bonds is 3. The SMILES string of the molecule is Cc1ccc(S(=O)(=O)O[C@H]2CN(C(=O)OC(C)(C)C)C[C@@H]2C)cc1. The van der Waals surface area contributed by atoms with Crippen molar-refractivity contribution in [2.45, 2.75) is 51.2 Å². The summed E-state index contributed by atoms with van der Waals surface area (Å²) in [5.41, 5.74) is 0.382. The lowest BCUT2D eigenvalue weighted by Gasteiger charge is -2.24. The normalized spacial score (nSPS) is 21.8. The van der Waals surface area contributed by atoms with Crippen LogP contribution in [0.3, 0.4) is 0 Å². The quantitative estimate of drug-likeness (QED) is 0.780. The van der Waals surface area contributed by atoms with Crippen molar-refractivity contribution in [2.24, 2.45) is 5.92 Å². The zero-order chi connectivity index (χ0) is 18.1. The molecule has 1 aromatic carbocycles. The molecule has 2 atom stereocenters. The Morgan fingerprint density at radius 1 is 1.17 bits per heavy atom. The Kier molecular flexibility index (Phi) is 5.25. The molecule has 1 aliphatic heterocycles. The molecule has 1 aliphatic rings. The number of carbonyl (C=O) groups excluding carboxylic acids is 1. The molecule has 0 radical (unpaired) electrons. The van der Waals surface area contributed by atoms with Crippen molar-refractivity contribution in [3.05, 3.63) is 29.8 Å². The van der Waals surface area contributed by atoms with Crippen molar-refractivity contribution in [2.75, 3.05) is 13.1 Å². The lowest BCUT2D eigenvalue weighted by atomic mass is 10.1. The molecular formula is C17H25NO5S. The highest BCUT2D eigenvalue weighted by Gasteiger charge is 2.38. The van der Waals surface area contributed by atoms with E-state index >= 15 is 0 Å². The molecule has 1 saturated heterocycles. The molecule has 6 nitrogen and oxygen atoms in total. The van der Waals surface area contributed by atoms with Crippen LogP contribution in [0, 0.1) is 12.8 Å². The molecule has 0 N–H and O–H groups in total. The van der Waals surface area contributed by atoms with Gasteiger partial charge in [-0.1, -0.05) is 24.6 Å². The minimum absolute atomic E-state index is 0.0993. The van der Waals surface area contributed by atoms with Gasteiger partial charge in [-0.3, -0.25) is 4.18 Å². The first kappa shape index (κ1) is 18.7. The number of benzene rings is 1. The van der Waals surface area contributed by atoms with Crippen LogP contribution in [-0.2, 0) is 19.0 Å². The van der Waals surface area contributed by atoms with Gasteiger partial charge in [0, 0.05) is 12.5 Å². The summed E-state index contributed by atoms with van der Waals surface area (Å²) in [6.45, 7) is 9.72. The number of hydrogen-bond acceptors (Lipinski definition) is 5. The van der Waals surface area contributed by atoms with Crippen molar-refractivity contribution in [1.82, 2.24) is 4.90 Å². The van der Waals surface area contributed by atoms with Crippen LogP contribution < -0.4 is 0 Å². The van der Waals surface area contributed by atoms with E-state index in [1.807, 2.05) is 13.8 Å². The standard InChI is InChI=1S/C17H25NO5S/c1-12-6-8-14(9-7-12)24(20,21)23-15-11-18(10-13(15)2)16(19)22-17(3,4)5/h6-9,13,15H,10-11H2,1-5H3/t13-,15-/m0/s1. The highest BCUT2D eigenvalue weighted by atomic mass is 32.2. The summed E-state index contributed by atoms with van der Waals surface area (Å²) in [6, 6.07) is 6.49. The van der Waals surface area contributed by atoms with Crippen LogP contribution in [0.1, 0.15) is 33.3 Å². The number of ether oxygens (including phenoxy) is 1. The molecular weight excluding hydrogens is 330 g/mol. The smallest absolute Gasteiger partial charge is 0.410 e. The number of amides is 1. The van der Waals surface area contributed by atoms with Crippen molar-refractivity contribution in [3.63, 3.8) is 0 Å². The summed E-state index contributed by atoms with van der Waals surface area (Å²) < 4.78 is 35.5. The molecule has 2 rings (SSSR count). The molecule has 1 heterocycles. The van der Waals surface area contributed by atoms with Crippen LogP contribution in [0.25, 0.3) is 0 Å². The molecule has 0 aliphatic carbocycles. The van der Waals surface area contributed by atoms with Crippen LogP contribution in [0.2, 0.25) is 0 Å². The van der Waals surface area contributed by atoms with Crippen LogP contribution >= 0.6 is 0 Å². The minimum atomic E-state index is -3.86. The number of carbonyl (C=O) groups is 1. The predicted molar refractivity (Wildman–Crippen MR) is 90.2 cm³/mol. The predicted octanol–water partition coefficient (Wildman–Crippen LogP) is 2.96. The molecule has 24 heavy (non-hydrogen) atoms. The summed E-state index contributed by atoms with van der Waals surface area (Å²) in [6.07, 6.45) is -1.03. The summed E-state index contributed by atoms with van der Waals surface area (Å²) in [5.74, 6) is -0.0993. The molecule has 1 fully saturated rings. The Labute approximate surface area is 143 Å². The second-order valence-electron chi connectivity index (χ2n) is 7.26. The molecule has 0 saturated carbocycles. The second kappa shape index (κ2) is 6.72. The minimum Gasteiger partial charge on any atom is -0.444 e. The van der Waals surface area contributed by atoms with E-state index in [1.54, 1.807) is 32.9 Å². The largest absolute Gasteiger partial charge is 0.444 e. The van der Waals surface area contributed by atoms with E-state index < -0.39 is 27.9 Å². The zero-order valence-electron chi connectivity index (χ0n) is 14.8. The molecule has 1 aromatic rings. The third kappa shape index (κ3) is 4.70. The van der Waals surface area contributed by atoms with E-state index in [0.29, 0.717) is 6.54 Å². The van der Waals surface area contributed by atoms with E-state index in [0.717, 1.165) is 5.56 Å². The van der Waals surface area contributed by atoms with Gasteiger partial charge in [-0.05, 0) is 39.8 Å². The topological polar surface area (TPSA) is 72.9 Å². The highest BCUT2D eigenvalue weighted by molar-refractivity contribution is 7.86. The molecule has 134 valence electrons. The first-order chi connectivity index (χ1) is 11.0. The third-order valence-electron chi connectivity index (χ3n) is 3.76. The van der Waals surface area contributed by atoms with Gasteiger partial charge in [0.05, 0.1) is 17.5 Å². The first-order valence-electron chi connectivity index (χ1n) is 7.96. The van der Waals surface area contributed by atoms with Gasteiger partial charge in [0.2, 0.25) is 0 Å². The summed E-state index contributed by atoms with van der Waals surface area (Å²) in [4.78, 5) is 13.7. The van der Waals surface area contributed by atoms with Gasteiger partial charge in [-0.2, -0.15) is 8.42 Å².